The van der Waals surface area contributed by atoms with Crippen LogP contribution >= 0.6 is 24.0 Å². The highest BCUT2D eigenvalue weighted by Gasteiger charge is 2.19. The van der Waals surface area contributed by atoms with Gasteiger partial charge in [0.2, 0.25) is 0 Å². The number of rotatable bonds is 1. The third kappa shape index (κ3) is 2.83. The maximum absolute atomic E-state index is 13.6. The minimum atomic E-state index is -0.247. The van der Waals surface area contributed by atoms with Crippen molar-refractivity contribution in [3.05, 3.63) is 34.6 Å². The third-order valence-electron chi connectivity index (χ3n) is 2.72. The summed E-state index contributed by atoms with van der Waals surface area (Å²) in [7, 11) is 0. The molecule has 1 atom stereocenters. The summed E-state index contributed by atoms with van der Waals surface area (Å²) in [6, 6.07) is 5.24. The Hall–Kier alpha value is -0.310. The van der Waals surface area contributed by atoms with Crippen molar-refractivity contribution in [1.29, 1.82) is 0 Å². The summed E-state index contributed by atoms with van der Waals surface area (Å²) < 4.78 is 13.6. The van der Waals surface area contributed by atoms with Crippen LogP contribution in [0.3, 0.4) is 0 Å². The van der Waals surface area contributed by atoms with Crippen molar-refractivity contribution in [2.45, 2.75) is 18.8 Å². The molecule has 1 heterocycles. The molecule has 0 saturated carbocycles. The molecule has 1 N–H and O–H groups in total. The molecule has 1 aromatic carbocycles. The van der Waals surface area contributed by atoms with Crippen LogP contribution in [0.25, 0.3) is 0 Å². The van der Waals surface area contributed by atoms with Crippen LogP contribution in [-0.2, 0) is 0 Å². The van der Waals surface area contributed by atoms with Crippen LogP contribution in [-0.4, -0.2) is 13.1 Å². The van der Waals surface area contributed by atoms with Gasteiger partial charge < -0.3 is 5.32 Å². The zero-order chi connectivity index (χ0) is 9.97. The van der Waals surface area contributed by atoms with Gasteiger partial charge in [-0.15, -0.1) is 12.4 Å². The maximum atomic E-state index is 13.6. The normalized spacial score (nSPS) is 20.8. The van der Waals surface area contributed by atoms with Crippen LogP contribution in [0.1, 0.15) is 24.3 Å². The molecule has 1 saturated heterocycles. The summed E-state index contributed by atoms with van der Waals surface area (Å²) in [5.41, 5.74) is 0.754. The van der Waals surface area contributed by atoms with Gasteiger partial charge in [0, 0.05) is 6.54 Å². The Labute approximate surface area is 100 Å². The SMILES string of the molecule is Cl.Fc1c(Cl)cccc1C1CCCNC1. The first kappa shape index (κ1) is 12.8. The highest BCUT2D eigenvalue weighted by molar-refractivity contribution is 6.30. The van der Waals surface area contributed by atoms with Gasteiger partial charge in [-0.05, 0) is 36.9 Å². The molecule has 1 fully saturated rings. The summed E-state index contributed by atoms with van der Waals surface area (Å²) in [5.74, 6) is 0.0327. The van der Waals surface area contributed by atoms with Gasteiger partial charge in [0.1, 0.15) is 5.82 Å². The topological polar surface area (TPSA) is 12.0 Å². The fourth-order valence-electron chi connectivity index (χ4n) is 1.95. The first-order chi connectivity index (χ1) is 6.79. The lowest BCUT2D eigenvalue weighted by Crippen LogP contribution is -2.28. The van der Waals surface area contributed by atoms with Crippen LogP contribution in [0.5, 0.6) is 0 Å². The molecule has 15 heavy (non-hydrogen) atoms. The molecule has 2 rings (SSSR count). The summed E-state index contributed by atoms with van der Waals surface area (Å²) in [4.78, 5) is 0. The van der Waals surface area contributed by atoms with Gasteiger partial charge in [0.15, 0.2) is 0 Å². The van der Waals surface area contributed by atoms with E-state index in [1.54, 1.807) is 6.07 Å². The van der Waals surface area contributed by atoms with E-state index in [0.29, 0.717) is 0 Å². The second kappa shape index (κ2) is 5.69. The molecule has 0 aliphatic carbocycles. The Balaban J connectivity index is 0.00000112. The van der Waals surface area contributed by atoms with Crippen molar-refractivity contribution in [2.75, 3.05) is 13.1 Å². The molecule has 1 nitrogen and oxygen atoms in total. The molecule has 1 aromatic rings. The van der Waals surface area contributed by atoms with Gasteiger partial charge in [-0.2, -0.15) is 0 Å². The molecular formula is C11H14Cl2FN. The predicted octanol–water partition coefficient (Wildman–Crippen LogP) is 3.37. The van der Waals surface area contributed by atoms with E-state index in [1.165, 1.54) is 0 Å². The third-order valence-corrected chi connectivity index (χ3v) is 3.01. The summed E-state index contributed by atoms with van der Waals surface area (Å²) in [6.45, 7) is 1.90. The Kier molecular flexibility index (Phi) is 4.84. The minimum absolute atomic E-state index is 0. The number of hydrogen-bond donors (Lipinski definition) is 1. The fraction of sp³-hybridized carbons (Fsp3) is 0.455. The van der Waals surface area contributed by atoms with Crippen molar-refractivity contribution in [3.8, 4) is 0 Å². The summed E-state index contributed by atoms with van der Waals surface area (Å²) >= 11 is 5.74. The smallest absolute Gasteiger partial charge is 0.145 e. The molecule has 0 radical (unpaired) electrons. The van der Waals surface area contributed by atoms with Gasteiger partial charge in [-0.3, -0.25) is 0 Å². The summed E-state index contributed by atoms with van der Waals surface area (Å²) in [5, 5.41) is 3.50. The molecule has 84 valence electrons. The lowest BCUT2D eigenvalue weighted by atomic mass is 9.91. The average Bonchev–Trinajstić information content (AvgIpc) is 2.23. The predicted molar refractivity (Wildman–Crippen MR) is 63.5 cm³/mol. The first-order valence-corrected chi connectivity index (χ1v) is 5.31. The standard InChI is InChI=1S/C11H13ClFN.ClH/c12-10-5-1-4-9(11(10)13)8-3-2-6-14-7-8;/h1,4-5,8,14H,2-3,6-7H2;1H. The zero-order valence-electron chi connectivity index (χ0n) is 8.30. The number of hydrogen-bond acceptors (Lipinski definition) is 1. The van der Waals surface area contributed by atoms with E-state index >= 15 is 0 Å². The highest BCUT2D eigenvalue weighted by Crippen LogP contribution is 2.28. The number of benzene rings is 1. The molecule has 1 aliphatic heterocycles. The molecule has 4 heteroatoms. The maximum Gasteiger partial charge on any atom is 0.145 e. The lowest BCUT2D eigenvalue weighted by Gasteiger charge is -2.23. The van der Waals surface area contributed by atoms with E-state index in [0.717, 1.165) is 31.5 Å². The quantitative estimate of drug-likeness (QED) is 0.805. The van der Waals surface area contributed by atoms with Crippen molar-refractivity contribution in [3.63, 3.8) is 0 Å². The van der Waals surface area contributed by atoms with Crippen LogP contribution in [0.4, 0.5) is 4.39 Å². The lowest BCUT2D eigenvalue weighted by molar-refractivity contribution is 0.446. The first-order valence-electron chi connectivity index (χ1n) is 4.93. The van der Waals surface area contributed by atoms with E-state index in [-0.39, 0.29) is 29.2 Å². The number of piperidine rings is 1. The summed E-state index contributed by atoms with van der Waals surface area (Å²) in [6.07, 6.45) is 2.15. The molecule has 0 amide bonds. The molecule has 0 spiro atoms. The van der Waals surface area contributed by atoms with Crippen LogP contribution in [0.2, 0.25) is 5.02 Å². The number of halogens is 3. The Morgan fingerprint density at radius 2 is 2.20 bits per heavy atom. The fourth-order valence-corrected chi connectivity index (χ4v) is 2.13. The van der Waals surface area contributed by atoms with Crippen LogP contribution in [0, 0.1) is 5.82 Å². The average molecular weight is 250 g/mol. The minimum Gasteiger partial charge on any atom is -0.316 e. The van der Waals surface area contributed by atoms with E-state index in [1.807, 2.05) is 12.1 Å². The molecule has 1 aliphatic rings. The highest BCUT2D eigenvalue weighted by atomic mass is 35.5. The van der Waals surface area contributed by atoms with Gasteiger partial charge in [-0.1, -0.05) is 23.7 Å². The number of nitrogens with one attached hydrogen (secondary N) is 1. The van der Waals surface area contributed by atoms with Crippen molar-refractivity contribution < 1.29 is 4.39 Å². The van der Waals surface area contributed by atoms with E-state index in [4.69, 9.17) is 11.6 Å². The van der Waals surface area contributed by atoms with Crippen LogP contribution < -0.4 is 5.32 Å². The van der Waals surface area contributed by atoms with E-state index in [2.05, 4.69) is 5.32 Å². The van der Waals surface area contributed by atoms with Crippen molar-refractivity contribution >= 4 is 24.0 Å². The van der Waals surface area contributed by atoms with Crippen molar-refractivity contribution in [2.24, 2.45) is 0 Å². The van der Waals surface area contributed by atoms with Gasteiger partial charge in [-0.25, -0.2) is 4.39 Å². The van der Waals surface area contributed by atoms with Gasteiger partial charge in [0.25, 0.3) is 0 Å². The Morgan fingerprint density at radius 1 is 1.40 bits per heavy atom. The Bertz CT molecular complexity index is 324. The van der Waals surface area contributed by atoms with E-state index < -0.39 is 0 Å². The molecule has 0 aromatic heterocycles. The Morgan fingerprint density at radius 3 is 2.87 bits per heavy atom. The van der Waals surface area contributed by atoms with Gasteiger partial charge >= 0.3 is 0 Å². The van der Waals surface area contributed by atoms with Crippen LogP contribution in [0.15, 0.2) is 18.2 Å². The largest absolute Gasteiger partial charge is 0.316 e. The molecule has 0 bridgehead atoms. The molecular weight excluding hydrogens is 236 g/mol. The van der Waals surface area contributed by atoms with Crippen molar-refractivity contribution in [1.82, 2.24) is 5.32 Å². The molecule has 1 unspecified atom stereocenters. The second-order valence-electron chi connectivity index (χ2n) is 3.69. The monoisotopic (exact) mass is 249 g/mol. The van der Waals surface area contributed by atoms with E-state index in [9.17, 15) is 4.39 Å². The zero-order valence-corrected chi connectivity index (χ0v) is 9.87. The van der Waals surface area contributed by atoms with Gasteiger partial charge in [0.05, 0.1) is 5.02 Å². The second-order valence-corrected chi connectivity index (χ2v) is 4.09.